The number of rotatable bonds is 4. The maximum atomic E-state index is 11.9. The Morgan fingerprint density at radius 2 is 2.00 bits per heavy atom. The van der Waals surface area contributed by atoms with Crippen molar-refractivity contribution in [3.63, 3.8) is 0 Å². The van der Waals surface area contributed by atoms with Gasteiger partial charge >= 0.3 is 5.97 Å². The molecule has 132 valence electrons. The summed E-state index contributed by atoms with van der Waals surface area (Å²) in [7, 11) is 1.39. The standard InChI is InChI=1S/C21H19NO4/c1-24-21(23)16-12-17-20-18(25-11-10-22(17)13-16)8-5-9-19(20)26-14-15-6-3-2-4-7-15/h2-9,12-13H,10-11,14H2,1H3. The minimum absolute atomic E-state index is 0.351. The molecule has 2 aromatic carbocycles. The van der Waals surface area contributed by atoms with Crippen molar-refractivity contribution in [3.05, 3.63) is 71.9 Å². The van der Waals surface area contributed by atoms with Crippen LogP contribution in [0.25, 0.3) is 11.3 Å². The van der Waals surface area contributed by atoms with E-state index in [2.05, 4.69) is 0 Å². The van der Waals surface area contributed by atoms with Crippen molar-refractivity contribution in [2.75, 3.05) is 13.7 Å². The molecule has 0 radical (unpaired) electrons. The predicted molar refractivity (Wildman–Crippen MR) is 97.5 cm³/mol. The SMILES string of the molecule is COC(=O)c1cc2n(c1)CCOc1cccc(OCc3ccccc3)c1-2. The van der Waals surface area contributed by atoms with Crippen LogP contribution in [0, 0.1) is 0 Å². The Balaban J connectivity index is 1.73. The molecule has 1 aliphatic rings. The zero-order valence-corrected chi connectivity index (χ0v) is 14.5. The lowest BCUT2D eigenvalue weighted by atomic mass is 10.1. The van der Waals surface area contributed by atoms with Gasteiger partial charge in [-0.2, -0.15) is 0 Å². The Morgan fingerprint density at radius 1 is 1.15 bits per heavy atom. The summed E-state index contributed by atoms with van der Waals surface area (Å²) in [5, 5.41) is 0. The lowest BCUT2D eigenvalue weighted by Crippen LogP contribution is -2.05. The molecule has 0 N–H and O–H groups in total. The number of ether oxygens (including phenoxy) is 3. The van der Waals surface area contributed by atoms with Gasteiger partial charge in [0.25, 0.3) is 0 Å². The van der Waals surface area contributed by atoms with Gasteiger partial charge in [0, 0.05) is 6.20 Å². The summed E-state index contributed by atoms with van der Waals surface area (Å²) in [6.45, 7) is 1.64. The Bertz CT molecular complexity index is 930. The van der Waals surface area contributed by atoms with Gasteiger partial charge in [-0.3, -0.25) is 0 Å². The number of carbonyl (C=O) groups is 1. The van der Waals surface area contributed by atoms with Gasteiger partial charge < -0.3 is 18.8 Å². The molecule has 26 heavy (non-hydrogen) atoms. The Labute approximate surface area is 151 Å². The number of carbonyl (C=O) groups excluding carboxylic acids is 1. The molecule has 0 bridgehead atoms. The molecule has 0 aliphatic carbocycles. The third kappa shape index (κ3) is 3.04. The van der Waals surface area contributed by atoms with Crippen molar-refractivity contribution in [1.82, 2.24) is 4.57 Å². The number of hydrogen-bond donors (Lipinski definition) is 0. The van der Waals surface area contributed by atoms with E-state index >= 15 is 0 Å². The third-order valence-corrected chi connectivity index (χ3v) is 4.39. The van der Waals surface area contributed by atoms with Crippen LogP contribution < -0.4 is 9.47 Å². The fraction of sp³-hybridized carbons (Fsp3) is 0.190. The molecule has 0 unspecified atom stereocenters. The molecule has 0 saturated heterocycles. The zero-order chi connectivity index (χ0) is 17.9. The van der Waals surface area contributed by atoms with Crippen LogP contribution in [0.15, 0.2) is 60.8 Å². The molecule has 0 amide bonds. The van der Waals surface area contributed by atoms with Crippen molar-refractivity contribution >= 4 is 5.97 Å². The van der Waals surface area contributed by atoms with Gasteiger partial charge in [0.2, 0.25) is 0 Å². The Hall–Kier alpha value is -3.21. The minimum atomic E-state index is -0.351. The lowest BCUT2D eigenvalue weighted by Gasteiger charge is -2.14. The van der Waals surface area contributed by atoms with Crippen LogP contribution in [0.2, 0.25) is 0 Å². The highest BCUT2D eigenvalue weighted by atomic mass is 16.5. The number of aromatic nitrogens is 1. The van der Waals surface area contributed by atoms with Crippen LogP contribution in [-0.2, 0) is 17.9 Å². The van der Waals surface area contributed by atoms with Crippen molar-refractivity contribution in [2.45, 2.75) is 13.2 Å². The van der Waals surface area contributed by atoms with Gasteiger partial charge in [0.1, 0.15) is 24.7 Å². The zero-order valence-electron chi connectivity index (χ0n) is 14.5. The molecular weight excluding hydrogens is 330 g/mol. The molecular formula is C21H19NO4. The molecule has 0 atom stereocenters. The molecule has 0 spiro atoms. The van der Waals surface area contributed by atoms with E-state index in [1.54, 1.807) is 6.20 Å². The van der Waals surface area contributed by atoms with E-state index in [0.717, 1.165) is 28.3 Å². The van der Waals surface area contributed by atoms with E-state index in [1.165, 1.54) is 7.11 Å². The number of nitrogens with zero attached hydrogens (tertiary/aromatic N) is 1. The van der Waals surface area contributed by atoms with E-state index in [0.29, 0.717) is 25.3 Å². The average Bonchev–Trinajstić information content (AvgIpc) is 3.02. The highest BCUT2D eigenvalue weighted by molar-refractivity contribution is 5.92. The smallest absolute Gasteiger partial charge is 0.339 e. The van der Waals surface area contributed by atoms with Crippen molar-refractivity contribution in [1.29, 1.82) is 0 Å². The summed E-state index contributed by atoms with van der Waals surface area (Å²) in [6, 6.07) is 17.6. The molecule has 1 aromatic heterocycles. The van der Waals surface area contributed by atoms with E-state index < -0.39 is 0 Å². The molecule has 0 fully saturated rings. The largest absolute Gasteiger partial charge is 0.491 e. The fourth-order valence-electron chi connectivity index (χ4n) is 3.13. The number of esters is 1. The second kappa shape index (κ2) is 6.96. The van der Waals surface area contributed by atoms with Crippen molar-refractivity contribution in [3.8, 4) is 22.8 Å². The van der Waals surface area contributed by atoms with E-state index in [9.17, 15) is 4.79 Å². The van der Waals surface area contributed by atoms with Crippen LogP contribution in [0.3, 0.4) is 0 Å². The van der Waals surface area contributed by atoms with Crippen molar-refractivity contribution < 1.29 is 19.0 Å². The molecule has 2 heterocycles. The van der Waals surface area contributed by atoms with Gasteiger partial charge in [0.05, 0.1) is 30.5 Å². The molecule has 5 nitrogen and oxygen atoms in total. The number of fused-ring (bicyclic) bond motifs is 3. The number of methoxy groups -OCH3 is 1. The second-order valence-corrected chi connectivity index (χ2v) is 6.05. The van der Waals surface area contributed by atoms with Gasteiger partial charge in [0.15, 0.2) is 0 Å². The molecule has 4 rings (SSSR count). The molecule has 0 saturated carbocycles. The normalized spacial score (nSPS) is 12.3. The second-order valence-electron chi connectivity index (χ2n) is 6.05. The average molecular weight is 349 g/mol. The Morgan fingerprint density at radius 3 is 2.81 bits per heavy atom. The van der Waals surface area contributed by atoms with E-state index in [-0.39, 0.29) is 5.97 Å². The topological polar surface area (TPSA) is 49.7 Å². The number of benzene rings is 2. The summed E-state index contributed by atoms with van der Waals surface area (Å²) in [4.78, 5) is 11.9. The predicted octanol–water partition coefficient (Wildman–Crippen LogP) is 3.91. The first kappa shape index (κ1) is 16.3. The van der Waals surface area contributed by atoms with Crippen molar-refractivity contribution in [2.24, 2.45) is 0 Å². The van der Waals surface area contributed by atoms with Gasteiger partial charge in [-0.1, -0.05) is 36.4 Å². The Kier molecular flexibility index (Phi) is 4.35. The first-order chi connectivity index (χ1) is 12.8. The van der Waals surface area contributed by atoms with E-state index in [1.807, 2.05) is 59.2 Å². The fourth-order valence-corrected chi connectivity index (χ4v) is 3.13. The lowest BCUT2D eigenvalue weighted by molar-refractivity contribution is 0.0600. The maximum absolute atomic E-state index is 11.9. The minimum Gasteiger partial charge on any atom is -0.491 e. The van der Waals surface area contributed by atoms with Crippen LogP contribution in [-0.4, -0.2) is 24.3 Å². The molecule has 1 aliphatic heterocycles. The summed E-state index contributed by atoms with van der Waals surface area (Å²) < 4.78 is 18.8. The summed E-state index contributed by atoms with van der Waals surface area (Å²) in [6.07, 6.45) is 1.80. The molecule has 5 heteroatoms. The monoisotopic (exact) mass is 349 g/mol. The van der Waals surface area contributed by atoms with Crippen LogP contribution in [0.5, 0.6) is 11.5 Å². The van der Waals surface area contributed by atoms with Gasteiger partial charge in [-0.05, 0) is 23.8 Å². The van der Waals surface area contributed by atoms with Crippen LogP contribution >= 0.6 is 0 Å². The van der Waals surface area contributed by atoms with Gasteiger partial charge in [-0.15, -0.1) is 0 Å². The quantitative estimate of drug-likeness (QED) is 0.670. The third-order valence-electron chi connectivity index (χ3n) is 4.39. The summed E-state index contributed by atoms with van der Waals surface area (Å²) >= 11 is 0. The van der Waals surface area contributed by atoms with Crippen LogP contribution in [0.1, 0.15) is 15.9 Å². The highest BCUT2D eigenvalue weighted by Crippen LogP contribution is 2.41. The first-order valence-electron chi connectivity index (χ1n) is 8.47. The van der Waals surface area contributed by atoms with E-state index in [4.69, 9.17) is 14.2 Å². The first-order valence-corrected chi connectivity index (χ1v) is 8.47. The molecule has 3 aromatic rings. The summed E-state index contributed by atoms with van der Waals surface area (Å²) in [5.41, 5.74) is 3.36. The highest BCUT2D eigenvalue weighted by Gasteiger charge is 2.23. The van der Waals surface area contributed by atoms with Crippen LogP contribution in [0.4, 0.5) is 0 Å². The summed E-state index contributed by atoms with van der Waals surface area (Å²) in [5.74, 6) is 1.13. The maximum Gasteiger partial charge on any atom is 0.339 e. The number of hydrogen-bond acceptors (Lipinski definition) is 4. The van der Waals surface area contributed by atoms with Gasteiger partial charge in [-0.25, -0.2) is 4.79 Å².